The third-order valence-corrected chi connectivity index (χ3v) is 3.26. The average Bonchev–Trinajstić information content (AvgIpc) is 2.26. The predicted molar refractivity (Wildman–Crippen MR) is 68.8 cm³/mol. The van der Waals surface area contributed by atoms with Crippen molar-refractivity contribution < 1.29 is 0 Å². The van der Waals surface area contributed by atoms with Crippen molar-refractivity contribution >= 4 is 11.6 Å². The van der Waals surface area contributed by atoms with E-state index in [1.165, 1.54) is 36.8 Å². The summed E-state index contributed by atoms with van der Waals surface area (Å²) in [6, 6.07) is 8.78. The quantitative estimate of drug-likeness (QED) is 0.476. The summed E-state index contributed by atoms with van der Waals surface area (Å²) < 4.78 is 0. The number of hydrogen-bond acceptors (Lipinski definition) is 0. The lowest BCUT2D eigenvalue weighted by Crippen LogP contribution is -2.00. The van der Waals surface area contributed by atoms with E-state index in [-0.39, 0.29) is 0 Å². The molecule has 0 N–H and O–H groups in total. The molecule has 0 radical (unpaired) electrons. The molecule has 1 atom stereocenters. The van der Waals surface area contributed by atoms with Gasteiger partial charge in [0.05, 0.1) is 0 Å². The largest absolute Gasteiger partial charge is 0.126 e. The molecule has 1 unspecified atom stereocenters. The number of rotatable bonds is 6. The van der Waals surface area contributed by atoms with Gasteiger partial charge in [-0.05, 0) is 24.8 Å². The summed E-state index contributed by atoms with van der Waals surface area (Å²) in [6.07, 6.45) is 5.12. The van der Waals surface area contributed by atoms with E-state index in [4.69, 9.17) is 11.6 Å². The van der Waals surface area contributed by atoms with Crippen LogP contribution in [0.4, 0.5) is 0 Å². The number of halogens is 1. The molecule has 0 saturated heterocycles. The maximum atomic E-state index is 6.02. The molecule has 1 rings (SSSR count). The van der Waals surface area contributed by atoms with Crippen molar-refractivity contribution in [2.45, 2.75) is 45.4 Å². The zero-order valence-electron chi connectivity index (χ0n) is 9.80. The van der Waals surface area contributed by atoms with E-state index in [2.05, 4.69) is 38.1 Å². The number of benzene rings is 1. The van der Waals surface area contributed by atoms with Gasteiger partial charge in [0.25, 0.3) is 0 Å². The summed E-state index contributed by atoms with van der Waals surface area (Å²) in [7, 11) is 0. The lowest BCUT2D eigenvalue weighted by Gasteiger charge is -2.14. The molecule has 0 aliphatic rings. The highest BCUT2D eigenvalue weighted by Crippen LogP contribution is 2.24. The summed E-state index contributed by atoms with van der Waals surface area (Å²) in [5, 5.41) is 0. The van der Waals surface area contributed by atoms with Crippen molar-refractivity contribution in [2.75, 3.05) is 5.88 Å². The topological polar surface area (TPSA) is 0 Å². The molecule has 84 valence electrons. The van der Waals surface area contributed by atoms with Gasteiger partial charge >= 0.3 is 0 Å². The first kappa shape index (κ1) is 12.6. The minimum absolute atomic E-state index is 0.541. The Labute approximate surface area is 98.7 Å². The second-order valence-corrected chi connectivity index (χ2v) is 4.57. The minimum atomic E-state index is 0.541. The molecule has 0 aromatic heterocycles. The molecule has 0 saturated carbocycles. The van der Waals surface area contributed by atoms with E-state index in [1.54, 1.807) is 0 Å². The summed E-state index contributed by atoms with van der Waals surface area (Å²) in [6.45, 7) is 4.36. The van der Waals surface area contributed by atoms with Gasteiger partial charge in [0.15, 0.2) is 0 Å². The lowest BCUT2D eigenvalue weighted by molar-refractivity contribution is 0.601. The normalized spacial score (nSPS) is 12.7. The summed E-state index contributed by atoms with van der Waals surface area (Å²) >= 11 is 6.02. The van der Waals surface area contributed by atoms with Gasteiger partial charge in [0.2, 0.25) is 0 Å². The standard InChI is InChI=1S/C14H21Cl/c1-3-4-5-6-14(11-15)13-9-7-12(2)8-10-13/h7-10,14H,3-6,11H2,1-2H3. The van der Waals surface area contributed by atoms with Crippen molar-refractivity contribution in [3.63, 3.8) is 0 Å². The summed E-state index contributed by atoms with van der Waals surface area (Å²) in [4.78, 5) is 0. The van der Waals surface area contributed by atoms with E-state index in [1.807, 2.05) is 0 Å². The van der Waals surface area contributed by atoms with Crippen LogP contribution in [0.5, 0.6) is 0 Å². The first-order valence-corrected chi connectivity index (χ1v) is 6.44. The van der Waals surface area contributed by atoms with E-state index >= 15 is 0 Å². The maximum absolute atomic E-state index is 6.02. The molecule has 0 heterocycles. The van der Waals surface area contributed by atoms with E-state index in [9.17, 15) is 0 Å². The molecule has 0 aliphatic carbocycles. The minimum Gasteiger partial charge on any atom is -0.126 e. The fourth-order valence-electron chi connectivity index (χ4n) is 1.81. The number of hydrogen-bond donors (Lipinski definition) is 0. The van der Waals surface area contributed by atoms with Crippen LogP contribution < -0.4 is 0 Å². The summed E-state index contributed by atoms with van der Waals surface area (Å²) in [5.41, 5.74) is 2.72. The second-order valence-electron chi connectivity index (χ2n) is 4.26. The van der Waals surface area contributed by atoms with E-state index < -0.39 is 0 Å². The summed E-state index contributed by atoms with van der Waals surface area (Å²) in [5.74, 6) is 1.28. The van der Waals surface area contributed by atoms with Crippen molar-refractivity contribution in [2.24, 2.45) is 0 Å². The Kier molecular flexibility index (Phi) is 5.78. The van der Waals surface area contributed by atoms with Crippen LogP contribution in [-0.2, 0) is 0 Å². The Morgan fingerprint density at radius 1 is 1.13 bits per heavy atom. The molecule has 1 aromatic carbocycles. The van der Waals surface area contributed by atoms with Crippen molar-refractivity contribution in [3.05, 3.63) is 35.4 Å². The van der Waals surface area contributed by atoms with Gasteiger partial charge in [0.1, 0.15) is 0 Å². The Hall–Kier alpha value is -0.490. The Balaban J connectivity index is 2.53. The SMILES string of the molecule is CCCCCC(CCl)c1ccc(C)cc1. The first-order chi connectivity index (χ1) is 7.27. The third-order valence-electron chi connectivity index (χ3n) is 2.89. The smallest absolute Gasteiger partial charge is 0.0292 e. The van der Waals surface area contributed by atoms with Gasteiger partial charge in [-0.3, -0.25) is 0 Å². The van der Waals surface area contributed by atoms with Gasteiger partial charge in [-0.25, -0.2) is 0 Å². The van der Waals surface area contributed by atoms with Gasteiger partial charge in [-0.1, -0.05) is 56.0 Å². The zero-order valence-corrected chi connectivity index (χ0v) is 10.6. The fraction of sp³-hybridized carbons (Fsp3) is 0.571. The van der Waals surface area contributed by atoms with Crippen LogP contribution in [0.25, 0.3) is 0 Å². The van der Waals surface area contributed by atoms with Crippen LogP contribution in [0.2, 0.25) is 0 Å². The molecule has 0 aliphatic heterocycles. The van der Waals surface area contributed by atoms with Crippen LogP contribution >= 0.6 is 11.6 Å². The monoisotopic (exact) mass is 224 g/mol. The molecular formula is C14H21Cl. The van der Waals surface area contributed by atoms with Gasteiger partial charge in [-0.2, -0.15) is 0 Å². The maximum Gasteiger partial charge on any atom is 0.0292 e. The molecule has 15 heavy (non-hydrogen) atoms. The third kappa shape index (κ3) is 4.25. The van der Waals surface area contributed by atoms with Crippen molar-refractivity contribution in [1.29, 1.82) is 0 Å². The Morgan fingerprint density at radius 2 is 1.80 bits per heavy atom. The van der Waals surface area contributed by atoms with Gasteiger partial charge in [0, 0.05) is 5.88 Å². The molecule has 0 spiro atoms. The van der Waals surface area contributed by atoms with Crippen molar-refractivity contribution in [1.82, 2.24) is 0 Å². The van der Waals surface area contributed by atoms with Crippen LogP contribution in [-0.4, -0.2) is 5.88 Å². The molecule has 0 amide bonds. The molecule has 0 fully saturated rings. The number of aryl methyl sites for hydroxylation is 1. The fourth-order valence-corrected chi connectivity index (χ4v) is 2.14. The molecular weight excluding hydrogens is 204 g/mol. The number of alkyl halides is 1. The molecule has 1 heteroatoms. The van der Waals surface area contributed by atoms with Gasteiger partial charge < -0.3 is 0 Å². The highest BCUT2D eigenvalue weighted by atomic mass is 35.5. The first-order valence-electron chi connectivity index (χ1n) is 5.90. The predicted octanol–water partition coefficient (Wildman–Crippen LogP) is 4.90. The highest BCUT2D eigenvalue weighted by molar-refractivity contribution is 6.18. The number of unbranched alkanes of at least 4 members (excludes halogenated alkanes) is 2. The molecule has 0 bridgehead atoms. The van der Waals surface area contributed by atoms with Crippen LogP contribution in [0.15, 0.2) is 24.3 Å². The average molecular weight is 225 g/mol. The van der Waals surface area contributed by atoms with Crippen LogP contribution in [0.3, 0.4) is 0 Å². The van der Waals surface area contributed by atoms with Crippen molar-refractivity contribution in [3.8, 4) is 0 Å². The zero-order chi connectivity index (χ0) is 11.1. The second kappa shape index (κ2) is 6.90. The molecule has 1 aromatic rings. The Morgan fingerprint density at radius 3 is 2.33 bits per heavy atom. The highest BCUT2D eigenvalue weighted by Gasteiger charge is 2.09. The van der Waals surface area contributed by atoms with E-state index in [0.717, 1.165) is 5.88 Å². The van der Waals surface area contributed by atoms with E-state index in [0.29, 0.717) is 5.92 Å². The Bertz CT molecular complexity index is 263. The van der Waals surface area contributed by atoms with Crippen LogP contribution in [0, 0.1) is 6.92 Å². The molecule has 0 nitrogen and oxygen atoms in total. The lowest BCUT2D eigenvalue weighted by atomic mass is 9.94. The van der Waals surface area contributed by atoms with Crippen LogP contribution in [0.1, 0.15) is 49.7 Å². The van der Waals surface area contributed by atoms with Gasteiger partial charge in [-0.15, -0.1) is 11.6 Å².